The van der Waals surface area contributed by atoms with E-state index in [1.807, 2.05) is 12.1 Å². The van der Waals surface area contributed by atoms with Crippen LogP contribution in [0.1, 0.15) is 44.2 Å². The summed E-state index contributed by atoms with van der Waals surface area (Å²) < 4.78 is 11.3. The molecule has 2 N–H and O–H groups in total. The summed E-state index contributed by atoms with van der Waals surface area (Å²) >= 11 is 0. The molecule has 4 nitrogen and oxygen atoms in total. The van der Waals surface area contributed by atoms with Crippen LogP contribution in [0.5, 0.6) is 11.5 Å². The van der Waals surface area contributed by atoms with Gasteiger partial charge in [-0.1, -0.05) is 19.4 Å². The molecule has 1 aromatic rings. The summed E-state index contributed by atoms with van der Waals surface area (Å²) in [7, 11) is 1.68. The van der Waals surface area contributed by atoms with Gasteiger partial charge in [-0.2, -0.15) is 0 Å². The van der Waals surface area contributed by atoms with Gasteiger partial charge in [-0.3, -0.25) is 4.90 Å². The number of methoxy groups -OCH3 is 1. The first kappa shape index (κ1) is 16.1. The van der Waals surface area contributed by atoms with E-state index < -0.39 is 0 Å². The Kier molecular flexibility index (Phi) is 6.33. The third-order valence-electron chi connectivity index (χ3n) is 4.10. The van der Waals surface area contributed by atoms with E-state index in [-0.39, 0.29) is 6.04 Å². The van der Waals surface area contributed by atoms with Gasteiger partial charge in [0.15, 0.2) is 0 Å². The number of hydrogen-bond donors (Lipinski definition) is 1. The summed E-state index contributed by atoms with van der Waals surface area (Å²) in [6, 6.07) is 6.33. The van der Waals surface area contributed by atoms with Crippen molar-refractivity contribution in [2.75, 3.05) is 33.4 Å². The van der Waals surface area contributed by atoms with Crippen LogP contribution in [0.15, 0.2) is 18.2 Å². The van der Waals surface area contributed by atoms with Crippen molar-refractivity contribution < 1.29 is 9.47 Å². The highest BCUT2D eigenvalue weighted by Gasteiger charge is 2.24. The minimum absolute atomic E-state index is 0.239. The second-order valence-electron chi connectivity index (χ2n) is 5.60. The molecule has 4 heteroatoms. The van der Waals surface area contributed by atoms with Gasteiger partial charge in [0.05, 0.1) is 19.8 Å². The second-order valence-corrected chi connectivity index (χ2v) is 5.60. The smallest absolute Gasteiger partial charge is 0.127 e. The van der Waals surface area contributed by atoms with E-state index >= 15 is 0 Å². The molecule has 118 valence electrons. The van der Waals surface area contributed by atoms with Crippen LogP contribution in [0.3, 0.4) is 0 Å². The van der Waals surface area contributed by atoms with Crippen LogP contribution in [0.4, 0.5) is 0 Å². The predicted molar refractivity (Wildman–Crippen MR) is 86.0 cm³/mol. The zero-order valence-corrected chi connectivity index (χ0v) is 13.3. The van der Waals surface area contributed by atoms with Crippen LogP contribution in [-0.4, -0.2) is 38.3 Å². The molecular formula is C17H28N2O2. The molecule has 0 spiro atoms. The molecule has 1 atom stereocenters. The van der Waals surface area contributed by atoms with Gasteiger partial charge in [-0.15, -0.1) is 0 Å². The quantitative estimate of drug-likeness (QED) is 0.839. The number of nitrogens with two attached hydrogens (primary N) is 1. The lowest BCUT2D eigenvalue weighted by Gasteiger charge is -2.35. The van der Waals surface area contributed by atoms with Crippen molar-refractivity contribution >= 4 is 0 Å². The van der Waals surface area contributed by atoms with E-state index in [1.165, 1.54) is 24.8 Å². The molecule has 0 amide bonds. The number of nitrogens with zero attached hydrogens (tertiary/aromatic N) is 1. The Morgan fingerprint density at radius 3 is 2.62 bits per heavy atom. The standard InChI is InChI=1S/C17H28N2O2/c1-3-11-21-17-12-14(20-2)7-8-15(17)16(13-18)19-9-5-4-6-10-19/h7-8,12,16H,3-6,9-11,13,18H2,1-2H3. The molecule has 21 heavy (non-hydrogen) atoms. The third-order valence-corrected chi connectivity index (χ3v) is 4.10. The topological polar surface area (TPSA) is 47.7 Å². The average Bonchev–Trinajstić information content (AvgIpc) is 2.55. The molecule has 1 heterocycles. The van der Waals surface area contributed by atoms with E-state index in [1.54, 1.807) is 7.11 Å². The largest absolute Gasteiger partial charge is 0.497 e. The Labute approximate surface area is 128 Å². The van der Waals surface area contributed by atoms with Crippen molar-refractivity contribution in [1.82, 2.24) is 4.90 Å². The minimum Gasteiger partial charge on any atom is -0.497 e. The predicted octanol–water partition coefficient (Wildman–Crippen LogP) is 2.97. The third kappa shape index (κ3) is 4.11. The Morgan fingerprint density at radius 1 is 1.24 bits per heavy atom. The van der Waals surface area contributed by atoms with Crippen LogP contribution < -0.4 is 15.2 Å². The summed E-state index contributed by atoms with van der Waals surface area (Å²) in [5.41, 5.74) is 7.26. The van der Waals surface area contributed by atoms with Gasteiger partial charge in [0, 0.05) is 18.2 Å². The van der Waals surface area contributed by atoms with Gasteiger partial charge in [0.25, 0.3) is 0 Å². The molecule has 0 radical (unpaired) electrons. The highest BCUT2D eigenvalue weighted by atomic mass is 16.5. The monoisotopic (exact) mass is 292 g/mol. The molecular weight excluding hydrogens is 264 g/mol. The van der Waals surface area contributed by atoms with Crippen molar-refractivity contribution in [3.63, 3.8) is 0 Å². The lowest BCUT2D eigenvalue weighted by atomic mass is 10.0. The summed E-state index contributed by atoms with van der Waals surface area (Å²) in [4.78, 5) is 2.49. The summed E-state index contributed by atoms with van der Waals surface area (Å²) in [5.74, 6) is 1.75. The molecule has 0 aliphatic carbocycles. The first-order valence-electron chi connectivity index (χ1n) is 8.05. The van der Waals surface area contributed by atoms with E-state index in [2.05, 4.69) is 17.9 Å². The van der Waals surface area contributed by atoms with Crippen molar-refractivity contribution in [3.8, 4) is 11.5 Å². The Balaban J connectivity index is 2.25. The molecule has 2 rings (SSSR count). The zero-order chi connectivity index (χ0) is 15.1. The van der Waals surface area contributed by atoms with Crippen LogP contribution >= 0.6 is 0 Å². The summed E-state index contributed by atoms with van der Waals surface area (Å²) in [5, 5.41) is 0. The molecule has 1 aromatic carbocycles. The summed E-state index contributed by atoms with van der Waals surface area (Å²) in [6.07, 6.45) is 4.85. The van der Waals surface area contributed by atoms with Gasteiger partial charge < -0.3 is 15.2 Å². The molecule has 0 aromatic heterocycles. The van der Waals surface area contributed by atoms with Gasteiger partial charge >= 0.3 is 0 Å². The van der Waals surface area contributed by atoms with Gasteiger partial charge in [0.2, 0.25) is 0 Å². The van der Waals surface area contributed by atoms with Crippen LogP contribution in [-0.2, 0) is 0 Å². The maximum Gasteiger partial charge on any atom is 0.127 e. The average molecular weight is 292 g/mol. The molecule has 1 unspecified atom stereocenters. The first-order chi connectivity index (χ1) is 10.3. The van der Waals surface area contributed by atoms with Gasteiger partial charge in [-0.25, -0.2) is 0 Å². The van der Waals surface area contributed by atoms with E-state index in [0.29, 0.717) is 6.54 Å². The van der Waals surface area contributed by atoms with Crippen molar-refractivity contribution in [2.45, 2.75) is 38.6 Å². The van der Waals surface area contributed by atoms with Crippen LogP contribution in [0, 0.1) is 0 Å². The van der Waals surface area contributed by atoms with Gasteiger partial charge in [0.1, 0.15) is 11.5 Å². The number of piperidine rings is 1. The summed E-state index contributed by atoms with van der Waals surface area (Å²) in [6.45, 7) is 5.71. The second kappa shape index (κ2) is 8.25. The molecule has 0 saturated carbocycles. The van der Waals surface area contributed by atoms with Crippen LogP contribution in [0.2, 0.25) is 0 Å². The number of ether oxygens (including phenoxy) is 2. The normalized spacial score (nSPS) is 17.5. The SMILES string of the molecule is CCCOc1cc(OC)ccc1C(CN)N1CCCCC1. The number of hydrogen-bond acceptors (Lipinski definition) is 4. The lowest BCUT2D eigenvalue weighted by molar-refractivity contribution is 0.163. The first-order valence-corrected chi connectivity index (χ1v) is 8.05. The fourth-order valence-corrected chi connectivity index (χ4v) is 2.96. The maximum absolute atomic E-state index is 6.08. The molecule has 1 aliphatic rings. The maximum atomic E-state index is 6.08. The van der Waals surface area contributed by atoms with E-state index in [0.717, 1.165) is 37.6 Å². The molecule has 1 fully saturated rings. The number of rotatable bonds is 7. The van der Waals surface area contributed by atoms with Crippen molar-refractivity contribution in [3.05, 3.63) is 23.8 Å². The Hall–Kier alpha value is -1.26. The molecule has 1 aliphatic heterocycles. The highest BCUT2D eigenvalue weighted by molar-refractivity contribution is 5.42. The number of benzene rings is 1. The van der Waals surface area contributed by atoms with Gasteiger partial charge in [-0.05, 0) is 38.4 Å². The Bertz CT molecular complexity index is 431. The highest BCUT2D eigenvalue weighted by Crippen LogP contribution is 2.33. The van der Waals surface area contributed by atoms with Crippen molar-refractivity contribution in [1.29, 1.82) is 0 Å². The van der Waals surface area contributed by atoms with E-state index in [4.69, 9.17) is 15.2 Å². The van der Waals surface area contributed by atoms with Crippen molar-refractivity contribution in [2.24, 2.45) is 5.73 Å². The van der Waals surface area contributed by atoms with Crippen LogP contribution in [0.25, 0.3) is 0 Å². The molecule has 1 saturated heterocycles. The Morgan fingerprint density at radius 2 is 2.00 bits per heavy atom. The minimum atomic E-state index is 0.239. The lowest BCUT2D eigenvalue weighted by Crippen LogP contribution is -2.37. The fraction of sp³-hybridized carbons (Fsp3) is 0.647. The number of likely N-dealkylation sites (tertiary alicyclic amines) is 1. The fourth-order valence-electron chi connectivity index (χ4n) is 2.96. The molecule has 0 bridgehead atoms. The zero-order valence-electron chi connectivity index (χ0n) is 13.3. The van der Waals surface area contributed by atoms with E-state index in [9.17, 15) is 0 Å².